The maximum Gasteiger partial charge on any atom is 0.262 e. The van der Waals surface area contributed by atoms with Gasteiger partial charge in [-0.3, -0.25) is 4.98 Å². The van der Waals surface area contributed by atoms with Gasteiger partial charge in [0.25, 0.3) is 10.0 Å². The summed E-state index contributed by atoms with van der Waals surface area (Å²) in [5.41, 5.74) is 2.56. The van der Waals surface area contributed by atoms with Gasteiger partial charge in [0.15, 0.2) is 5.03 Å². The first-order valence-corrected chi connectivity index (χ1v) is 10.8. The molecule has 0 atom stereocenters. The molecule has 1 fully saturated rings. The lowest BCUT2D eigenvalue weighted by atomic mass is 9.95. The third kappa shape index (κ3) is 3.80. The van der Waals surface area contributed by atoms with Gasteiger partial charge in [0.05, 0.1) is 23.9 Å². The van der Waals surface area contributed by atoms with Crippen molar-refractivity contribution in [2.75, 3.05) is 13.1 Å². The fraction of sp³-hybridized carbons (Fsp3) is 0.316. The number of halogens is 1. The molecule has 0 bridgehead atoms. The molecule has 1 aromatic carbocycles. The largest absolute Gasteiger partial charge is 0.339 e. The van der Waals surface area contributed by atoms with Crippen LogP contribution in [-0.2, 0) is 17.1 Å². The van der Waals surface area contributed by atoms with Crippen molar-refractivity contribution >= 4 is 21.6 Å². The zero-order chi connectivity index (χ0) is 19.7. The Bertz CT molecular complexity index is 1090. The molecule has 2 aromatic heterocycles. The highest BCUT2D eigenvalue weighted by Crippen LogP contribution is 2.30. The van der Waals surface area contributed by atoms with Crippen molar-refractivity contribution in [3.05, 3.63) is 59.9 Å². The van der Waals surface area contributed by atoms with Gasteiger partial charge in [-0.2, -0.15) is 4.31 Å². The summed E-state index contributed by atoms with van der Waals surface area (Å²) in [6.07, 6.45) is 7.90. The average Bonchev–Trinajstić information content (AvgIpc) is 3.15. The van der Waals surface area contributed by atoms with Crippen molar-refractivity contribution in [2.45, 2.75) is 23.8 Å². The molecule has 1 aliphatic rings. The summed E-state index contributed by atoms with van der Waals surface area (Å²) in [4.78, 5) is 13.1. The van der Waals surface area contributed by atoms with Crippen LogP contribution in [0.25, 0.3) is 11.3 Å². The third-order valence-corrected chi connectivity index (χ3v) is 6.95. The number of nitrogens with zero attached hydrogens (tertiary/aromatic N) is 5. The standard InChI is InChI=1S/C19H20ClN5O2S/c1-24-12-19(22-13-24)28(26,27)25-7-5-14(6-8-25)17-10-21-11-18(23-17)15-3-2-4-16(20)9-15/h2-4,9-14H,5-8H2,1H3. The van der Waals surface area contributed by atoms with Crippen molar-refractivity contribution in [3.8, 4) is 11.3 Å². The summed E-state index contributed by atoms with van der Waals surface area (Å²) in [6, 6.07) is 7.51. The molecule has 9 heteroatoms. The molecular weight excluding hydrogens is 398 g/mol. The Hall–Kier alpha value is -2.29. The number of benzene rings is 1. The fourth-order valence-corrected chi connectivity index (χ4v) is 5.04. The predicted octanol–water partition coefficient (Wildman–Crippen LogP) is 3.10. The van der Waals surface area contributed by atoms with Crippen molar-refractivity contribution < 1.29 is 8.42 Å². The molecule has 0 amide bonds. The number of imidazole rings is 1. The molecule has 1 saturated heterocycles. The van der Waals surface area contributed by atoms with Gasteiger partial charge in [-0.1, -0.05) is 23.7 Å². The smallest absolute Gasteiger partial charge is 0.262 e. The van der Waals surface area contributed by atoms with E-state index in [0.717, 1.165) is 17.0 Å². The topological polar surface area (TPSA) is 81.0 Å². The zero-order valence-corrected chi connectivity index (χ0v) is 16.9. The fourth-order valence-electron chi connectivity index (χ4n) is 3.41. The first kappa shape index (κ1) is 19.0. The monoisotopic (exact) mass is 417 g/mol. The molecule has 0 unspecified atom stereocenters. The molecule has 3 heterocycles. The van der Waals surface area contributed by atoms with Crippen molar-refractivity contribution in [1.29, 1.82) is 0 Å². The first-order chi connectivity index (χ1) is 13.4. The average molecular weight is 418 g/mol. The van der Waals surface area contributed by atoms with E-state index < -0.39 is 10.0 Å². The number of aromatic nitrogens is 4. The van der Waals surface area contributed by atoms with Crippen LogP contribution in [0.3, 0.4) is 0 Å². The van der Waals surface area contributed by atoms with Crippen LogP contribution < -0.4 is 0 Å². The van der Waals surface area contributed by atoms with Gasteiger partial charge in [-0.15, -0.1) is 0 Å². The summed E-state index contributed by atoms with van der Waals surface area (Å²) in [5, 5.41) is 0.744. The van der Waals surface area contributed by atoms with Gasteiger partial charge in [0.2, 0.25) is 0 Å². The van der Waals surface area contributed by atoms with Crippen LogP contribution in [0.15, 0.2) is 54.2 Å². The highest BCUT2D eigenvalue weighted by atomic mass is 35.5. The minimum absolute atomic E-state index is 0.0937. The first-order valence-electron chi connectivity index (χ1n) is 8.99. The molecule has 28 heavy (non-hydrogen) atoms. The Kier molecular flexibility index (Phi) is 5.18. The summed E-state index contributed by atoms with van der Waals surface area (Å²) in [7, 11) is -1.80. The van der Waals surface area contributed by atoms with Crippen LogP contribution in [-0.4, -0.2) is 45.3 Å². The summed E-state index contributed by atoms with van der Waals surface area (Å²) < 4.78 is 28.6. The lowest BCUT2D eigenvalue weighted by Gasteiger charge is -2.30. The lowest BCUT2D eigenvalue weighted by molar-refractivity contribution is 0.315. The van der Waals surface area contributed by atoms with E-state index in [0.29, 0.717) is 31.0 Å². The lowest BCUT2D eigenvalue weighted by Crippen LogP contribution is -2.38. The Morgan fingerprint density at radius 1 is 1.18 bits per heavy atom. The molecule has 1 aliphatic heterocycles. The molecule has 0 spiro atoms. The van der Waals surface area contributed by atoms with Crippen LogP contribution in [0.5, 0.6) is 0 Å². The number of sulfonamides is 1. The van der Waals surface area contributed by atoms with Gasteiger partial charge >= 0.3 is 0 Å². The van der Waals surface area contributed by atoms with Crippen LogP contribution in [0.2, 0.25) is 5.02 Å². The quantitative estimate of drug-likeness (QED) is 0.651. The van der Waals surface area contributed by atoms with Gasteiger partial charge in [0.1, 0.15) is 0 Å². The van der Waals surface area contributed by atoms with Crippen LogP contribution >= 0.6 is 11.6 Å². The van der Waals surface area contributed by atoms with E-state index >= 15 is 0 Å². The maximum atomic E-state index is 12.7. The second kappa shape index (κ2) is 7.62. The number of aryl methyl sites for hydroxylation is 1. The maximum absolute atomic E-state index is 12.7. The van der Waals surface area contributed by atoms with Gasteiger partial charge < -0.3 is 4.57 Å². The number of hydrogen-bond acceptors (Lipinski definition) is 5. The SMILES string of the molecule is Cn1cnc(S(=O)(=O)N2CCC(c3cncc(-c4cccc(Cl)c4)n3)CC2)c1. The summed E-state index contributed by atoms with van der Waals surface area (Å²) in [6.45, 7) is 0.874. The Labute approximate surface area is 169 Å². The number of rotatable bonds is 4. The van der Waals surface area contributed by atoms with E-state index in [1.54, 1.807) is 24.0 Å². The van der Waals surface area contributed by atoms with E-state index in [9.17, 15) is 8.42 Å². The van der Waals surface area contributed by atoms with E-state index in [-0.39, 0.29) is 10.9 Å². The highest BCUT2D eigenvalue weighted by Gasteiger charge is 2.32. The van der Waals surface area contributed by atoms with Crippen molar-refractivity contribution in [1.82, 2.24) is 23.8 Å². The van der Waals surface area contributed by atoms with Crippen molar-refractivity contribution in [3.63, 3.8) is 0 Å². The van der Waals surface area contributed by atoms with E-state index in [4.69, 9.17) is 16.6 Å². The zero-order valence-electron chi connectivity index (χ0n) is 15.4. The predicted molar refractivity (Wildman–Crippen MR) is 106 cm³/mol. The van der Waals surface area contributed by atoms with Gasteiger partial charge in [-0.05, 0) is 25.0 Å². The van der Waals surface area contributed by atoms with E-state index in [1.165, 1.54) is 16.8 Å². The molecular formula is C19H20ClN5O2S. The highest BCUT2D eigenvalue weighted by molar-refractivity contribution is 7.89. The van der Waals surface area contributed by atoms with E-state index in [1.807, 2.05) is 24.3 Å². The van der Waals surface area contributed by atoms with Gasteiger partial charge in [-0.25, -0.2) is 18.4 Å². The van der Waals surface area contributed by atoms with Crippen LogP contribution in [0.4, 0.5) is 0 Å². The second-order valence-corrected chi connectivity index (χ2v) is 9.22. The molecule has 0 N–H and O–H groups in total. The third-order valence-electron chi connectivity index (χ3n) is 4.93. The van der Waals surface area contributed by atoms with Crippen LogP contribution in [0.1, 0.15) is 24.5 Å². The summed E-state index contributed by atoms with van der Waals surface area (Å²) >= 11 is 6.08. The minimum Gasteiger partial charge on any atom is -0.339 e. The normalized spacial score (nSPS) is 16.4. The number of hydrogen-bond donors (Lipinski definition) is 0. The molecule has 0 aliphatic carbocycles. The van der Waals surface area contributed by atoms with Crippen molar-refractivity contribution in [2.24, 2.45) is 7.05 Å². The number of piperidine rings is 1. The molecule has 0 saturated carbocycles. The second-order valence-electron chi connectivity index (χ2n) is 6.90. The molecule has 4 rings (SSSR count). The molecule has 146 valence electrons. The molecule has 0 radical (unpaired) electrons. The molecule has 7 nitrogen and oxygen atoms in total. The van der Waals surface area contributed by atoms with E-state index in [2.05, 4.69) is 9.97 Å². The van der Waals surface area contributed by atoms with Crippen LogP contribution in [0, 0.1) is 0 Å². The summed E-state index contributed by atoms with van der Waals surface area (Å²) in [5.74, 6) is 0.168. The molecule has 3 aromatic rings. The van der Waals surface area contributed by atoms with Gasteiger partial charge in [0, 0.05) is 49.0 Å². The Morgan fingerprint density at radius 2 is 1.96 bits per heavy atom. The minimum atomic E-state index is -3.55. The Morgan fingerprint density at radius 3 is 2.64 bits per heavy atom. The Balaban J connectivity index is 1.49.